The van der Waals surface area contributed by atoms with Gasteiger partial charge < -0.3 is 10.4 Å². The molecule has 1 amide bonds. The molecular formula is C25H22ClIN2O3. The van der Waals surface area contributed by atoms with Gasteiger partial charge in [0.25, 0.3) is 5.91 Å². The zero-order valence-corrected chi connectivity index (χ0v) is 20.2. The van der Waals surface area contributed by atoms with Crippen molar-refractivity contribution in [2.75, 3.05) is 0 Å². The van der Waals surface area contributed by atoms with Crippen molar-refractivity contribution in [2.45, 2.75) is 44.1 Å². The van der Waals surface area contributed by atoms with E-state index >= 15 is 0 Å². The number of carbonyl (C=O) groups excluding carboxylic acids is 1. The van der Waals surface area contributed by atoms with Gasteiger partial charge in [-0.2, -0.15) is 0 Å². The summed E-state index contributed by atoms with van der Waals surface area (Å²) in [4.78, 5) is 30.2. The molecule has 6 rings (SSSR count). The normalized spacial score (nSPS) is 24.4. The molecule has 0 saturated heterocycles. The highest BCUT2D eigenvalue weighted by Gasteiger charge is 2.53. The maximum Gasteiger partial charge on any atom is 0.309 e. The molecule has 32 heavy (non-hydrogen) atoms. The number of hydrogen-bond acceptors (Lipinski definition) is 3. The summed E-state index contributed by atoms with van der Waals surface area (Å²) < 4.78 is 0.995. The molecule has 1 heterocycles. The van der Waals surface area contributed by atoms with Crippen LogP contribution in [0, 0.1) is 8.99 Å². The van der Waals surface area contributed by atoms with Gasteiger partial charge in [0.2, 0.25) is 0 Å². The Bertz CT molecular complexity index is 1220. The number of pyridine rings is 1. The topological polar surface area (TPSA) is 79.3 Å². The highest BCUT2D eigenvalue weighted by atomic mass is 127. The molecule has 5 nitrogen and oxygen atoms in total. The maximum absolute atomic E-state index is 13.7. The minimum Gasteiger partial charge on any atom is -0.481 e. The SMILES string of the molecule is O=C(NC12CCC(C(=O)O)(CC1)CC2)c1c(Cl)c(-c2ccccc2)nc2ccc(I)cc12. The number of halogens is 2. The number of benzene rings is 2. The second-order valence-corrected chi connectivity index (χ2v) is 10.6. The number of amides is 1. The van der Waals surface area contributed by atoms with Gasteiger partial charge in [0, 0.05) is 20.1 Å². The zero-order chi connectivity index (χ0) is 22.5. The van der Waals surface area contributed by atoms with Crippen LogP contribution in [-0.4, -0.2) is 27.5 Å². The molecule has 2 aromatic carbocycles. The molecule has 3 aliphatic rings. The van der Waals surface area contributed by atoms with Crippen molar-refractivity contribution in [1.29, 1.82) is 0 Å². The van der Waals surface area contributed by atoms with Gasteiger partial charge in [0.1, 0.15) is 0 Å². The van der Waals surface area contributed by atoms with Crippen molar-refractivity contribution < 1.29 is 14.7 Å². The van der Waals surface area contributed by atoms with Gasteiger partial charge in [-0.1, -0.05) is 41.9 Å². The van der Waals surface area contributed by atoms with Crippen LogP contribution in [0.3, 0.4) is 0 Å². The van der Waals surface area contributed by atoms with Crippen molar-refractivity contribution in [3.8, 4) is 11.3 Å². The predicted molar refractivity (Wildman–Crippen MR) is 133 cm³/mol. The highest BCUT2D eigenvalue weighted by Crippen LogP contribution is 2.52. The second kappa shape index (κ2) is 7.99. The Morgan fingerprint density at radius 2 is 1.66 bits per heavy atom. The summed E-state index contributed by atoms with van der Waals surface area (Å²) in [6.07, 6.45) is 3.82. The van der Waals surface area contributed by atoms with Gasteiger partial charge in [-0.3, -0.25) is 9.59 Å². The first-order valence-corrected chi connectivity index (χ1v) is 12.2. The van der Waals surface area contributed by atoms with E-state index in [0.29, 0.717) is 60.3 Å². The lowest BCUT2D eigenvalue weighted by atomic mass is 9.57. The summed E-state index contributed by atoms with van der Waals surface area (Å²) in [6, 6.07) is 15.4. The summed E-state index contributed by atoms with van der Waals surface area (Å²) in [5, 5.41) is 14.0. The largest absolute Gasteiger partial charge is 0.481 e. The molecule has 1 aromatic heterocycles. The molecule has 0 atom stereocenters. The standard InChI is InChI=1S/C25H22ClIN2O3/c26-20-19(22(30)29-25-11-8-24(9-12-25,10-13-25)23(31)32)17-14-16(27)6-7-18(17)28-21(20)15-4-2-1-3-5-15/h1-7,14H,8-13H2,(H,29,30)(H,31,32). The van der Waals surface area contributed by atoms with E-state index in [0.717, 1.165) is 14.5 Å². The van der Waals surface area contributed by atoms with Crippen LogP contribution in [0.4, 0.5) is 0 Å². The lowest BCUT2D eigenvalue weighted by Gasteiger charge is -2.51. The fourth-order valence-corrected chi connectivity index (χ4v) is 6.05. The van der Waals surface area contributed by atoms with E-state index in [2.05, 4.69) is 27.9 Å². The molecule has 2 N–H and O–H groups in total. The van der Waals surface area contributed by atoms with Crippen LogP contribution in [0.25, 0.3) is 22.2 Å². The Kier molecular flexibility index (Phi) is 5.40. The maximum atomic E-state index is 13.7. The number of carbonyl (C=O) groups is 2. The predicted octanol–water partition coefficient (Wildman–Crippen LogP) is 6.07. The van der Waals surface area contributed by atoms with Crippen LogP contribution < -0.4 is 5.32 Å². The number of carboxylic acids is 1. The molecule has 0 radical (unpaired) electrons. The molecule has 3 aliphatic carbocycles. The van der Waals surface area contributed by atoms with Crippen LogP contribution >= 0.6 is 34.2 Å². The van der Waals surface area contributed by atoms with E-state index in [9.17, 15) is 14.7 Å². The lowest BCUT2D eigenvalue weighted by Crippen LogP contribution is -2.58. The number of aliphatic carboxylic acids is 1. The summed E-state index contributed by atoms with van der Waals surface area (Å²) in [6.45, 7) is 0. The Balaban J connectivity index is 1.56. The molecule has 0 unspecified atom stereocenters. The summed E-state index contributed by atoms with van der Waals surface area (Å²) >= 11 is 9.07. The molecule has 3 saturated carbocycles. The Morgan fingerprint density at radius 1 is 1.00 bits per heavy atom. The van der Waals surface area contributed by atoms with Crippen molar-refractivity contribution in [3.63, 3.8) is 0 Å². The lowest BCUT2D eigenvalue weighted by molar-refractivity contribution is -0.156. The number of rotatable bonds is 4. The first-order chi connectivity index (χ1) is 15.3. The third kappa shape index (κ3) is 3.57. The average Bonchev–Trinajstić information content (AvgIpc) is 2.80. The van der Waals surface area contributed by atoms with Crippen LogP contribution in [0.15, 0.2) is 48.5 Å². The van der Waals surface area contributed by atoms with E-state index in [4.69, 9.17) is 16.6 Å². The fourth-order valence-electron chi connectivity index (χ4n) is 5.22. The molecule has 164 valence electrons. The number of aromatic nitrogens is 1. The van der Waals surface area contributed by atoms with E-state index in [1.807, 2.05) is 48.5 Å². The van der Waals surface area contributed by atoms with Gasteiger partial charge in [0.05, 0.1) is 27.2 Å². The number of nitrogens with zero attached hydrogens (tertiary/aromatic N) is 1. The summed E-state index contributed by atoms with van der Waals surface area (Å²) in [5.74, 6) is -0.923. The molecule has 0 spiro atoms. The number of fused-ring (bicyclic) bond motifs is 4. The molecule has 2 bridgehead atoms. The summed E-state index contributed by atoms with van der Waals surface area (Å²) in [5.41, 5.74) is 1.59. The second-order valence-electron chi connectivity index (χ2n) is 9.00. The van der Waals surface area contributed by atoms with E-state index in [1.165, 1.54) is 0 Å². The van der Waals surface area contributed by atoms with E-state index in [-0.39, 0.29) is 11.4 Å². The van der Waals surface area contributed by atoms with Crippen LogP contribution in [0.5, 0.6) is 0 Å². The molecule has 3 aromatic rings. The Hall–Kier alpha value is -2.19. The third-order valence-corrected chi connectivity index (χ3v) is 8.28. The average molecular weight is 561 g/mol. The van der Waals surface area contributed by atoms with Crippen LogP contribution in [0.1, 0.15) is 48.9 Å². The highest BCUT2D eigenvalue weighted by molar-refractivity contribution is 14.1. The summed E-state index contributed by atoms with van der Waals surface area (Å²) in [7, 11) is 0. The van der Waals surface area contributed by atoms with Gasteiger partial charge in [0.15, 0.2) is 0 Å². The zero-order valence-electron chi connectivity index (χ0n) is 17.3. The minimum atomic E-state index is -0.706. The van der Waals surface area contributed by atoms with Gasteiger partial charge in [-0.15, -0.1) is 0 Å². The van der Waals surface area contributed by atoms with Gasteiger partial charge in [-0.25, -0.2) is 4.98 Å². The molecule has 0 aliphatic heterocycles. The minimum absolute atomic E-state index is 0.216. The van der Waals surface area contributed by atoms with Crippen molar-refractivity contribution in [3.05, 3.63) is 62.7 Å². The molecule has 3 fully saturated rings. The van der Waals surface area contributed by atoms with Gasteiger partial charge in [-0.05, 0) is 79.3 Å². The first kappa shape index (κ1) is 21.6. The molecule has 7 heteroatoms. The Labute approximate surface area is 204 Å². The number of nitrogens with one attached hydrogen (secondary N) is 1. The van der Waals surface area contributed by atoms with Crippen molar-refractivity contribution in [1.82, 2.24) is 10.3 Å². The van der Waals surface area contributed by atoms with Crippen LogP contribution in [0.2, 0.25) is 5.02 Å². The number of hydrogen-bond donors (Lipinski definition) is 2. The molecular weight excluding hydrogens is 539 g/mol. The fraction of sp³-hybridized carbons (Fsp3) is 0.320. The quantitative estimate of drug-likeness (QED) is 0.380. The van der Waals surface area contributed by atoms with E-state index in [1.54, 1.807) is 0 Å². The van der Waals surface area contributed by atoms with Gasteiger partial charge >= 0.3 is 5.97 Å². The van der Waals surface area contributed by atoms with Crippen molar-refractivity contribution in [2.24, 2.45) is 5.41 Å². The first-order valence-electron chi connectivity index (χ1n) is 10.7. The monoisotopic (exact) mass is 560 g/mol. The van der Waals surface area contributed by atoms with Crippen molar-refractivity contribution >= 4 is 57.0 Å². The Morgan fingerprint density at radius 3 is 2.28 bits per heavy atom. The smallest absolute Gasteiger partial charge is 0.309 e. The third-order valence-electron chi connectivity index (χ3n) is 7.24. The number of carboxylic acid groups (broad SMARTS) is 1. The van der Waals surface area contributed by atoms with Crippen LogP contribution in [-0.2, 0) is 4.79 Å². The van der Waals surface area contributed by atoms with E-state index < -0.39 is 11.4 Å².